The topological polar surface area (TPSA) is 50.4 Å². The average Bonchev–Trinajstić information content (AvgIpc) is 2.61. The lowest BCUT2D eigenvalue weighted by atomic mass is 10.1. The summed E-state index contributed by atoms with van der Waals surface area (Å²) in [5.74, 6) is -4.19. The Hall–Kier alpha value is -2.61. The number of aryl methyl sites for hydroxylation is 1. The van der Waals surface area contributed by atoms with Crippen LogP contribution in [-0.4, -0.2) is 25.0 Å². The van der Waals surface area contributed by atoms with E-state index in [-0.39, 0.29) is 6.61 Å². The Balaban J connectivity index is 1.84. The van der Waals surface area contributed by atoms with Gasteiger partial charge in [-0.1, -0.05) is 36.4 Å². The lowest BCUT2D eigenvalue weighted by Crippen LogP contribution is -2.32. The normalized spacial score (nSPS) is 11.5. The molecule has 0 bridgehead atoms. The van der Waals surface area contributed by atoms with Crippen LogP contribution in [-0.2, 0) is 17.9 Å². The molecule has 0 unspecified atom stereocenters. The molecular weight excluding hydrogens is 364 g/mol. The van der Waals surface area contributed by atoms with Gasteiger partial charge in [-0.25, -0.2) is 13.6 Å². The van der Waals surface area contributed by atoms with Crippen LogP contribution in [0.4, 0.5) is 28.0 Å². The molecule has 2 N–H and O–H groups in total. The van der Waals surface area contributed by atoms with Crippen molar-refractivity contribution in [3.05, 3.63) is 65.2 Å². The number of carbonyl (C=O) groups excluding carboxylic acids is 1. The van der Waals surface area contributed by atoms with Gasteiger partial charge in [-0.3, -0.25) is 0 Å². The molecule has 146 valence electrons. The number of hydrogen-bond acceptors (Lipinski definition) is 2. The summed E-state index contributed by atoms with van der Waals surface area (Å²) >= 11 is 0. The standard InChI is InChI=1S/C19H20F4N2O2/c1-13-5-2-3-7-15(13)10-24-18(26)25-16-8-4-6-14(9-16)11-27-12-19(22,23)17(20)21/h2-9,17H,10-12H2,1H3,(H2,24,25,26). The van der Waals surface area contributed by atoms with Gasteiger partial charge in [-0.15, -0.1) is 0 Å². The van der Waals surface area contributed by atoms with Gasteiger partial charge in [-0.05, 0) is 35.7 Å². The predicted molar refractivity (Wildman–Crippen MR) is 94.1 cm³/mol. The van der Waals surface area contributed by atoms with Gasteiger partial charge < -0.3 is 15.4 Å². The molecule has 0 radical (unpaired) electrons. The Morgan fingerprint density at radius 1 is 1.15 bits per heavy atom. The third-order valence-corrected chi connectivity index (χ3v) is 3.77. The Morgan fingerprint density at radius 3 is 2.59 bits per heavy atom. The summed E-state index contributed by atoms with van der Waals surface area (Å²) in [5.41, 5.74) is 2.93. The molecule has 2 aromatic rings. The second-order valence-electron chi connectivity index (χ2n) is 5.99. The van der Waals surface area contributed by atoms with Gasteiger partial charge in [0.1, 0.15) is 6.61 Å². The smallest absolute Gasteiger partial charge is 0.330 e. The van der Waals surface area contributed by atoms with Gasteiger partial charge in [0.2, 0.25) is 0 Å². The van der Waals surface area contributed by atoms with E-state index in [0.29, 0.717) is 17.8 Å². The first-order chi connectivity index (χ1) is 12.8. The molecule has 0 atom stereocenters. The molecule has 2 amide bonds. The molecule has 0 saturated carbocycles. The Labute approximate surface area is 154 Å². The quantitative estimate of drug-likeness (QED) is 0.647. The van der Waals surface area contributed by atoms with Crippen molar-refractivity contribution in [3.8, 4) is 0 Å². The summed E-state index contributed by atoms with van der Waals surface area (Å²) in [6.45, 7) is 0.641. The summed E-state index contributed by atoms with van der Waals surface area (Å²) < 4.78 is 54.5. The first-order valence-electron chi connectivity index (χ1n) is 8.20. The number of carbonyl (C=O) groups is 1. The highest BCUT2D eigenvalue weighted by molar-refractivity contribution is 5.89. The summed E-state index contributed by atoms with van der Waals surface area (Å²) in [7, 11) is 0. The third-order valence-electron chi connectivity index (χ3n) is 3.77. The average molecular weight is 384 g/mol. The molecule has 2 aromatic carbocycles. The van der Waals surface area contributed by atoms with Crippen LogP contribution in [0.25, 0.3) is 0 Å². The molecule has 0 heterocycles. The molecule has 8 heteroatoms. The number of alkyl halides is 4. The van der Waals surface area contributed by atoms with E-state index in [1.54, 1.807) is 18.2 Å². The van der Waals surface area contributed by atoms with E-state index in [1.807, 2.05) is 31.2 Å². The maximum atomic E-state index is 12.8. The number of urea groups is 1. The lowest BCUT2D eigenvalue weighted by molar-refractivity contribution is -0.168. The minimum atomic E-state index is -4.19. The van der Waals surface area contributed by atoms with Crippen molar-refractivity contribution in [1.82, 2.24) is 5.32 Å². The van der Waals surface area contributed by atoms with Crippen molar-refractivity contribution >= 4 is 11.7 Å². The van der Waals surface area contributed by atoms with E-state index in [2.05, 4.69) is 15.4 Å². The molecule has 0 aliphatic rings. The van der Waals surface area contributed by atoms with Crippen molar-refractivity contribution in [2.45, 2.75) is 32.4 Å². The molecule has 0 spiro atoms. The highest BCUT2D eigenvalue weighted by atomic mass is 19.3. The highest BCUT2D eigenvalue weighted by Crippen LogP contribution is 2.23. The van der Waals surface area contributed by atoms with E-state index in [1.165, 1.54) is 6.07 Å². The fraction of sp³-hybridized carbons (Fsp3) is 0.316. The van der Waals surface area contributed by atoms with Crippen molar-refractivity contribution in [2.75, 3.05) is 11.9 Å². The molecule has 0 aliphatic heterocycles. The zero-order chi connectivity index (χ0) is 19.9. The monoisotopic (exact) mass is 384 g/mol. The van der Waals surface area contributed by atoms with Crippen LogP contribution < -0.4 is 10.6 Å². The second kappa shape index (κ2) is 9.36. The Bertz CT molecular complexity index is 769. The molecule has 0 aliphatic carbocycles. The van der Waals surface area contributed by atoms with Crippen LogP contribution >= 0.6 is 0 Å². The number of nitrogens with one attached hydrogen (secondary N) is 2. The molecule has 0 saturated heterocycles. The van der Waals surface area contributed by atoms with Gasteiger partial charge in [0, 0.05) is 12.2 Å². The SMILES string of the molecule is Cc1ccccc1CNC(=O)Nc1cccc(COCC(F)(F)C(F)F)c1. The molecule has 2 rings (SSSR count). The largest absolute Gasteiger partial charge is 0.370 e. The van der Waals surface area contributed by atoms with E-state index >= 15 is 0 Å². The zero-order valence-electron chi connectivity index (χ0n) is 14.6. The lowest BCUT2D eigenvalue weighted by Gasteiger charge is -2.15. The molecule has 0 fully saturated rings. The van der Waals surface area contributed by atoms with Crippen molar-refractivity contribution in [1.29, 1.82) is 0 Å². The Morgan fingerprint density at radius 2 is 1.89 bits per heavy atom. The van der Waals surface area contributed by atoms with Gasteiger partial charge in [0.15, 0.2) is 0 Å². The number of halogens is 4. The maximum absolute atomic E-state index is 12.8. The van der Waals surface area contributed by atoms with Crippen LogP contribution in [0, 0.1) is 6.92 Å². The number of amides is 2. The molecular formula is C19H20F4N2O2. The minimum absolute atomic E-state index is 0.275. The summed E-state index contributed by atoms with van der Waals surface area (Å²) in [5, 5.41) is 5.34. The van der Waals surface area contributed by atoms with Crippen LogP contribution in [0.5, 0.6) is 0 Å². The summed E-state index contributed by atoms with van der Waals surface area (Å²) in [6.07, 6.45) is -3.78. The van der Waals surface area contributed by atoms with Gasteiger partial charge in [0.25, 0.3) is 0 Å². The van der Waals surface area contributed by atoms with Crippen molar-refractivity contribution in [2.24, 2.45) is 0 Å². The van der Waals surface area contributed by atoms with Crippen molar-refractivity contribution in [3.63, 3.8) is 0 Å². The fourth-order valence-electron chi connectivity index (χ4n) is 2.27. The van der Waals surface area contributed by atoms with Gasteiger partial charge >= 0.3 is 18.4 Å². The number of benzene rings is 2. The van der Waals surface area contributed by atoms with E-state index in [0.717, 1.165) is 11.1 Å². The predicted octanol–water partition coefficient (Wildman–Crippen LogP) is 4.73. The zero-order valence-corrected chi connectivity index (χ0v) is 14.6. The van der Waals surface area contributed by atoms with Crippen LogP contribution in [0.1, 0.15) is 16.7 Å². The molecule has 0 aromatic heterocycles. The first kappa shape index (κ1) is 20.7. The minimum Gasteiger partial charge on any atom is -0.370 e. The number of ether oxygens (including phenoxy) is 1. The van der Waals surface area contributed by atoms with Crippen molar-refractivity contribution < 1.29 is 27.1 Å². The summed E-state index contributed by atoms with van der Waals surface area (Å²) in [4.78, 5) is 12.0. The number of anilines is 1. The fourth-order valence-corrected chi connectivity index (χ4v) is 2.27. The van der Waals surface area contributed by atoms with Crippen LogP contribution in [0.15, 0.2) is 48.5 Å². The van der Waals surface area contributed by atoms with E-state index in [9.17, 15) is 22.4 Å². The maximum Gasteiger partial charge on any atom is 0.330 e. The number of rotatable bonds is 8. The van der Waals surface area contributed by atoms with Crippen LogP contribution in [0.3, 0.4) is 0 Å². The Kier molecular flexibility index (Phi) is 7.18. The molecule has 27 heavy (non-hydrogen) atoms. The third kappa shape index (κ3) is 6.56. The van der Waals surface area contributed by atoms with Gasteiger partial charge in [-0.2, -0.15) is 8.78 Å². The highest BCUT2D eigenvalue weighted by Gasteiger charge is 2.40. The van der Waals surface area contributed by atoms with E-state index in [4.69, 9.17) is 0 Å². The summed E-state index contributed by atoms with van der Waals surface area (Å²) in [6, 6.07) is 13.5. The second-order valence-corrected chi connectivity index (χ2v) is 5.99. The number of hydrogen-bond donors (Lipinski definition) is 2. The first-order valence-corrected chi connectivity index (χ1v) is 8.20. The van der Waals surface area contributed by atoms with Crippen LogP contribution in [0.2, 0.25) is 0 Å². The van der Waals surface area contributed by atoms with Gasteiger partial charge in [0.05, 0.1) is 6.61 Å². The molecule has 4 nitrogen and oxygen atoms in total. The van der Waals surface area contributed by atoms with E-state index < -0.39 is 25.0 Å².